The topological polar surface area (TPSA) is 69.3 Å². The highest BCUT2D eigenvalue weighted by molar-refractivity contribution is 5.64. The number of primary amides is 1. The molecule has 1 aromatic heterocycles. The zero-order valence-corrected chi connectivity index (χ0v) is 8.19. The number of hydrogen-bond donors (Lipinski definition) is 2. The van der Waals surface area contributed by atoms with Gasteiger partial charge in [0.2, 0.25) is 0 Å². The van der Waals surface area contributed by atoms with Gasteiger partial charge in [0.15, 0.2) is 0 Å². The highest BCUT2D eigenvalue weighted by atomic mass is 16.5. The van der Waals surface area contributed by atoms with E-state index in [1.165, 1.54) is 5.56 Å². The molecular weight excluding hydrogens is 182 g/mol. The van der Waals surface area contributed by atoms with E-state index in [1.807, 2.05) is 30.1 Å². The summed E-state index contributed by atoms with van der Waals surface area (Å²) in [5.74, 6) is 0. The number of carbonyl (C=O) groups is 1. The Labute approximate surface area is 82.8 Å². The van der Waals surface area contributed by atoms with Crippen molar-refractivity contribution in [1.82, 2.24) is 9.88 Å². The second-order valence-electron chi connectivity index (χ2n) is 3.03. The molecule has 0 aliphatic rings. The second-order valence-corrected chi connectivity index (χ2v) is 3.03. The van der Waals surface area contributed by atoms with Crippen molar-refractivity contribution in [3.8, 4) is 0 Å². The lowest BCUT2D eigenvalue weighted by Gasteiger charge is -2.02. The molecule has 0 radical (unpaired) electrons. The van der Waals surface area contributed by atoms with E-state index in [1.54, 1.807) is 0 Å². The molecule has 1 rings (SSSR count). The van der Waals surface area contributed by atoms with Crippen molar-refractivity contribution in [1.29, 1.82) is 0 Å². The average molecular weight is 197 g/mol. The van der Waals surface area contributed by atoms with Crippen LogP contribution in [0.25, 0.3) is 0 Å². The van der Waals surface area contributed by atoms with Gasteiger partial charge in [0.05, 0.1) is 0 Å². The number of carbonyl (C=O) groups excluding carboxylic acids is 1. The molecule has 0 aliphatic heterocycles. The maximum Gasteiger partial charge on any atom is 0.404 e. The van der Waals surface area contributed by atoms with Crippen molar-refractivity contribution in [2.24, 2.45) is 12.8 Å². The normalized spacial score (nSPS) is 10.1. The van der Waals surface area contributed by atoms with Gasteiger partial charge in [-0.15, -0.1) is 0 Å². The van der Waals surface area contributed by atoms with E-state index >= 15 is 0 Å². The zero-order chi connectivity index (χ0) is 10.4. The van der Waals surface area contributed by atoms with Crippen molar-refractivity contribution in [2.75, 3.05) is 13.2 Å². The van der Waals surface area contributed by atoms with E-state index in [0.717, 1.165) is 6.54 Å². The van der Waals surface area contributed by atoms with E-state index in [4.69, 9.17) is 5.73 Å². The van der Waals surface area contributed by atoms with Crippen molar-refractivity contribution in [2.45, 2.75) is 6.54 Å². The molecule has 5 nitrogen and oxygen atoms in total. The number of aromatic nitrogens is 1. The first-order valence-corrected chi connectivity index (χ1v) is 4.42. The highest BCUT2D eigenvalue weighted by Crippen LogP contribution is 1.97. The molecule has 1 amide bonds. The number of amides is 1. The van der Waals surface area contributed by atoms with Gasteiger partial charge in [-0.3, -0.25) is 0 Å². The van der Waals surface area contributed by atoms with E-state index in [2.05, 4.69) is 10.1 Å². The van der Waals surface area contributed by atoms with Crippen LogP contribution in [0.15, 0.2) is 18.5 Å². The van der Waals surface area contributed by atoms with Crippen LogP contribution < -0.4 is 11.1 Å². The van der Waals surface area contributed by atoms with Crippen molar-refractivity contribution in [3.05, 3.63) is 24.0 Å². The predicted octanol–water partition coefficient (Wildman–Crippen LogP) is 0.210. The number of ether oxygens (including phenoxy) is 1. The van der Waals surface area contributed by atoms with Gasteiger partial charge in [0.1, 0.15) is 6.61 Å². The Balaban J connectivity index is 2.07. The molecule has 0 spiro atoms. The maximum absolute atomic E-state index is 10.2. The summed E-state index contributed by atoms with van der Waals surface area (Å²) >= 11 is 0. The molecule has 0 saturated heterocycles. The number of nitrogens with one attached hydrogen (secondary N) is 1. The van der Waals surface area contributed by atoms with Crippen LogP contribution in [0.3, 0.4) is 0 Å². The maximum atomic E-state index is 10.2. The smallest absolute Gasteiger partial charge is 0.404 e. The van der Waals surface area contributed by atoms with E-state index in [-0.39, 0.29) is 0 Å². The van der Waals surface area contributed by atoms with Crippen molar-refractivity contribution in [3.63, 3.8) is 0 Å². The number of nitrogens with two attached hydrogens (primary N) is 1. The number of rotatable bonds is 5. The summed E-state index contributed by atoms with van der Waals surface area (Å²) in [6, 6.07) is 2.03. The lowest BCUT2D eigenvalue weighted by molar-refractivity contribution is 0.157. The van der Waals surface area contributed by atoms with Gasteiger partial charge in [-0.1, -0.05) is 0 Å². The first-order chi connectivity index (χ1) is 6.68. The molecule has 0 saturated carbocycles. The molecule has 0 unspecified atom stereocenters. The van der Waals surface area contributed by atoms with Crippen molar-refractivity contribution < 1.29 is 9.53 Å². The summed E-state index contributed by atoms with van der Waals surface area (Å²) in [5, 5.41) is 3.12. The Hall–Kier alpha value is -1.49. The van der Waals surface area contributed by atoms with E-state index < -0.39 is 6.09 Å². The molecule has 1 heterocycles. The number of hydrogen-bond acceptors (Lipinski definition) is 3. The van der Waals surface area contributed by atoms with Crippen LogP contribution in [0, 0.1) is 0 Å². The van der Waals surface area contributed by atoms with Gasteiger partial charge in [0, 0.05) is 32.5 Å². The minimum atomic E-state index is -0.730. The molecule has 0 atom stereocenters. The fourth-order valence-electron chi connectivity index (χ4n) is 1.12. The van der Waals surface area contributed by atoms with E-state index in [9.17, 15) is 4.79 Å². The molecule has 78 valence electrons. The average Bonchev–Trinajstić information content (AvgIpc) is 2.50. The van der Waals surface area contributed by atoms with Gasteiger partial charge in [0.25, 0.3) is 0 Å². The van der Waals surface area contributed by atoms with Gasteiger partial charge in [-0.25, -0.2) is 4.79 Å². The highest BCUT2D eigenvalue weighted by Gasteiger charge is 1.95. The molecular formula is C9H15N3O2. The third kappa shape index (κ3) is 3.95. The quantitative estimate of drug-likeness (QED) is 0.663. The summed E-state index contributed by atoms with van der Waals surface area (Å²) in [7, 11) is 1.97. The Morgan fingerprint density at radius 1 is 1.71 bits per heavy atom. The molecule has 0 aliphatic carbocycles. The first-order valence-electron chi connectivity index (χ1n) is 4.42. The fourth-order valence-corrected chi connectivity index (χ4v) is 1.12. The Morgan fingerprint density at radius 2 is 2.50 bits per heavy atom. The SMILES string of the molecule is Cn1ccc(CNCCOC(N)=O)c1. The number of aryl methyl sites for hydroxylation is 1. The molecule has 1 aromatic rings. The van der Waals surface area contributed by atoms with Gasteiger partial charge < -0.3 is 20.4 Å². The van der Waals surface area contributed by atoms with Crippen LogP contribution in [0.1, 0.15) is 5.56 Å². The van der Waals surface area contributed by atoms with Crippen LogP contribution >= 0.6 is 0 Å². The Morgan fingerprint density at radius 3 is 3.07 bits per heavy atom. The number of nitrogens with zero attached hydrogens (tertiary/aromatic N) is 1. The molecule has 5 heteroatoms. The standard InChI is InChI=1S/C9H15N3O2/c1-12-4-2-8(7-12)6-11-3-5-14-9(10)13/h2,4,7,11H,3,5-6H2,1H3,(H2,10,13). The summed E-state index contributed by atoms with van der Waals surface area (Å²) in [6.07, 6.45) is 3.28. The van der Waals surface area contributed by atoms with Crippen LogP contribution in [0.5, 0.6) is 0 Å². The predicted molar refractivity (Wildman–Crippen MR) is 52.7 cm³/mol. The summed E-state index contributed by atoms with van der Waals surface area (Å²) in [4.78, 5) is 10.2. The minimum absolute atomic E-state index is 0.308. The van der Waals surface area contributed by atoms with Crippen LogP contribution in [-0.4, -0.2) is 23.8 Å². The Bertz CT molecular complexity index is 296. The largest absolute Gasteiger partial charge is 0.448 e. The molecule has 0 bridgehead atoms. The fraction of sp³-hybridized carbons (Fsp3) is 0.444. The first kappa shape index (κ1) is 10.6. The third-order valence-electron chi connectivity index (χ3n) is 1.75. The monoisotopic (exact) mass is 197 g/mol. The van der Waals surface area contributed by atoms with Crippen LogP contribution in [0.2, 0.25) is 0 Å². The lowest BCUT2D eigenvalue weighted by Crippen LogP contribution is -2.23. The molecule has 14 heavy (non-hydrogen) atoms. The second kappa shape index (κ2) is 5.29. The lowest BCUT2D eigenvalue weighted by atomic mass is 10.3. The summed E-state index contributed by atoms with van der Waals surface area (Å²) < 4.78 is 6.54. The van der Waals surface area contributed by atoms with Crippen LogP contribution in [-0.2, 0) is 18.3 Å². The summed E-state index contributed by atoms with van der Waals surface area (Å²) in [6.45, 7) is 1.68. The third-order valence-corrected chi connectivity index (χ3v) is 1.75. The van der Waals surface area contributed by atoms with Gasteiger partial charge >= 0.3 is 6.09 Å². The summed E-state index contributed by atoms with van der Waals surface area (Å²) in [5.41, 5.74) is 6.00. The minimum Gasteiger partial charge on any atom is -0.448 e. The molecule has 3 N–H and O–H groups in total. The van der Waals surface area contributed by atoms with Crippen molar-refractivity contribution >= 4 is 6.09 Å². The van der Waals surface area contributed by atoms with Gasteiger partial charge in [-0.2, -0.15) is 0 Å². The van der Waals surface area contributed by atoms with E-state index in [0.29, 0.717) is 13.2 Å². The van der Waals surface area contributed by atoms with Gasteiger partial charge in [-0.05, 0) is 11.6 Å². The molecule has 0 fully saturated rings. The Kier molecular flexibility index (Phi) is 4.00. The molecule has 0 aromatic carbocycles. The zero-order valence-electron chi connectivity index (χ0n) is 8.19. The van der Waals surface area contributed by atoms with Crippen LogP contribution in [0.4, 0.5) is 4.79 Å².